The number of primary amides is 1. The Balaban J connectivity index is 2.03. The fourth-order valence-corrected chi connectivity index (χ4v) is 3.74. The number of ether oxygens (including phenoxy) is 1. The number of esters is 1. The van der Waals surface area contributed by atoms with Crippen molar-refractivity contribution >= 4 is 27.6 Å². The summed E-state index contributed by atoms with van der Waals surface area (Å²) in [6, 6.07) is 12.3. The van der Waals surface area contributed by atoms with Gasteiger partial charge in [0.25, 0.3) is 5.91 Å². The van der Waals surface area contributed by atoms with Crippen LogP contribution in [0.2, 0.25) is 0 Å². The standard InChI is InChI=1S/C19H20N2O6S/c1-13(22)27-15-9-7-14(8-10-15)19(24)21-17(18(20)23)11-12-28(25,26)16-5-3-2-4-6-16/h2-10,17H,11-12H2,1H3,(H2,20,23)(H,21,24)/t17-/m1/s1. The van der Waals surface area contributed by atoms with Crippen LogP contribution < -0.4 is 15.8 Å². The summed E-state index contributed by atoms with van der Waals surface area (Å²) in [5, 5.41) is 2.43. The van der Waals surface area contributed by atoms with Gasteiger partial charge in [0, 0.05) is 12.5 Å². The zero-order chi connectivity index (χ0) is 20.7. The maximum atomic E-state index is 12.3. The Morgan fingerprint density at radius 2 is 1.64 bits per heavy atom. The Bertz CT molecular complexity index is 956. The van der Waals surface area contributed by atoms with Gasteiger partial charge in [-0.3, -0.25) is 14.4 Å². The number of nitrogens with one attached hydrogen (secondary N) is 1. The van der Waals surface area contributed by atoms with E-state index in [1.807, 2.05) is 0 Å². The van der Waals surface area contributed by atoms with Crippen LogP contribution in [0.3, 0.4) is 0 Å². The summed E-state index contributed by atoms with van der Waals surface area (Å²) in [6.45, 7) is 1.25. The first-order chi connectivity index (χ1) is 13.2. The van der Waals surface area contributed by atoms with Crippen molar-refractivity contribution < 1.29 is 27.5 Å². The lowest BCUT2D eigenvalue weighted by Gasteiger charge is -2.16. The second kappa shape index (κ2) is 9.14. The van der Waals surface area contributed by atoms with Crippen LogP contribution in [0.4, 0.5) is 0 Å². The average Bonchev–Trinajstić information content (AvgIpc) is 2.65. The van der Waals surface area contributed by atoms with Crippen LogP contribution in [0.15, 0.2) is 59.5 Å². The molecule has 2 amide bonds. The van der Waals surface area contributed by atoms with Crippen LogP contribution in [0.25, 0.3) is 0 Å². The fraction of sp³-hybridized carbons (Fsp3) is 0.211. The van der Waals surface area contributed by atoms with Gasteiger partial charge >= 0.3 is 5.97 Å². The number of rotatable bonds is 8. The second-order valence-electron chi connectivity index (χ2n) is 5.97. The molecule has 1 atom stereocenters. The summed E-state index contributed by atoms with van der Waals surface area (Å²) in [4.78, 5) is 35.0. The van der Waals surface area contributed by atoms with Gasteiger partial charge in [0.15, 0.2) is 9.84 Å². The quantitative estimate of drug-likeness (QED) is 0.499. The summed E-state index contributed by atoms with van der Waals surface area (Å²) in [5.74, 6) is -2.02. The van der Waals surface area contributed by atoms with Gasteiger partial charge in [-0.2, -0.15) is 0 Å². The molecule has 0 aromatic heterocycles. The van der Waals surface area contributed by atoms with Crippen LogP contribution in [-0.4, -0.2) is 38.0 Å². The van der Waals surface area contributed by atoms with E-state index in [9.17, 15) is 22.8 Å². The topological polar surface area (TPSA) is 133 Å². The smallest absolute Gasteiger partial charge is 0.308 e. The third kappa shape index (κ3) is 5.92. The lowest BCUT2D eigenvalue weighted by molar-refractivity contribution is -0.131. The highest BCUT2D eigenvalue weighted by Crippen LogP contribution is 2.14. The average molecular weight is 404 g/mol. The molecule has 0 saturated heterocycles. The first-order valence-corrected chi connectivity index (χ1v) is 10.0. The Hall–Kier alpha value is -3.20. The minimum atomic E-state index is -3.61. The zero-order valence-electron chi connectivity index (χ0n) is 15.1. The molecular weight excluding hydrogens is 384 g/mol. The van der Waals surface area contributed by atoms with Crippen molar-refractivity contribution in [2.24, 2.45) is 5.73 Å². The summed E-state index contributed by atoms with van der Waals surface area (Å²) in [5.41, 5.74) is 5.51. The third-order valence-corrected chi connectivity index (χ3v) is 5.57. The van der Waals surface area contributed by atoms with Gasteiger partial charge in [-0.15, -0.1) is 0 Å². The first kappa shape index (κ1) is 21.1. The summed E-state index contributed by atoms with van der Waals surface area (Å²) in [6.07, 6.45) is -0.163. The summed E-state index contributed by atoms with van der Waals surface area (Å²) >= 11 is 0. The molecule has 3 N–H and O–H groups in total. The minimum Gasteiger partial charge on any atom is -0.427 e. The molecule has 2 aromatic rings. The SMILES string of the molecule is CC(=O)Oc1ccc(C(=O)N[C@H](CCS(=O)(=O)c2ccccc2)C(N)=O)cc1. The number of benzene rings is 2. The van der Waals surface area contributed by atoms with Crippen molar-refractivity contribution in [1.29, 1.82) is 0 Å². The van der Waals surface area contributed by atoms with E-state index in [1.165, 1.54) is 43.3 Å². The molecule has 0 aliphatic carbocycles. The minimum absolute atomic E-state index is 0.130. The molecule has 0 saturated carbocycles. The van der Waals surface area contributed by atoms with Crippen LogP contribution in [0.5, 0.6) is 5.75 Å². The molecule has 148 valence electrons. The lowest BCUT2D eigenvalue weighted by atomic mass is 10.1. The van der Waals surface area contributed by atoms with Gasteiger partial charge in [-0.05, 0) is 42.8 Å². The number of hydrogen-bond donors (Lipinski definition) is 2. The van der Waals surface area contributed by atoms with Gasteiger partial charge in [0.1, 0.15) is 11.8 Å². The predicted octanol–water partition coefficient (Wildman–Crippen LogP) is 1.06. The van der Waals surface area contributed by atoms with Crippen molar-refractivity contribution in [2.45, 2.75) is 24.3 Å². The lowest BCUT2D eigenvalue weighted by Crippen LogP contribution is -2.45. The number of amides is 2. The highest BCUT2D eigenvalue weighted by Gasteiger charge is 2.23. The van der Waals surface area contributed by atoms with Gasteiger partial charge in [0.2, 0.25) is 5.91 Å². The molecule has 0 radical (unpaired) electrons. The van der Waals surface area contributed by atoms with Crippen molar-refractivity contribution in [1.82, 2.24) is 5.32 Å². The maximum absolute atomic E-state index is 12.3. The molecular formula is C19H20N2O6S. The zero-order valence-corrected chi connectivity index (χ0v) is 15.9. The Morgan fingerprint density at radius 3 is 2.18 bits per heavy atom. The number of carbonyl (C=O) groups excluding carboxylic acids is 3. The number of nitrogens with two attached hydrogens (primary N) is 1. The molecule has 0 unspecified atom stereocenters. The van der Waals surface area contributed by atoms with Crippen LogP contribution in [0.1, 0.15) is 23.7 Å². The Kier molecular flexibility index (Phi) is 6.89. The molecule has 0 heterocycles. The molecule has 28 heavy (non-hydrogen) atoms. The van der Waals surface area contributed by atoms with Crippen molar-refractivity contribution in [3.05, 3.63) is 60.2 Å². The van der Waals surface area contributed by atoms with E-state index in [1.54, 1.807) is 18.2 Å². The molecule has 2 aromatic carbocycles. The van der Waals surface area contributed by atoms with Gasteiger partial charge < -0.3 is 15.8 Å². The number of hydrogen-bond acceptors (Lipinski definition) is 6. The van der Waals surface area contributed by atoms with Gasteiger partial charge in [-0.25, -0.2) is 8.42 Å². The molecule has 0 aliphatic heterocycles. The van der Waals surface area contributed by atoms with Gasteiger partial charge in [-0.1, -0.05) is 18.2 Å². The number of carbonyl (C=O) groups is 3. The largest absolute Gasteiger partial charge is 0.427 e. The van der Waals surface area contributed by atoms with Crippen LogP contribution >= 0.6 is 0 Å². The van der Waals surface area contributed by atoms with Crippen LogP contribution in [-0.2, 0) is 19.4 Å². The maximum Gasteiger partial charge on any atom is 0.308 e. The van der Waals surface area contributed by atoms with E-state index >= 15 is 0 Å². The predicted molar refractivity (Wildman–Crippen MR) is 101 cm³/mol. The van der Waals surface area contributed by atoms with Crippen LogP contribution in [0, 0.1) is 0 Å². The molecule has 9 heteroatoms. The molecule has 0 bridgehead atoms. The Labute approximate surface area is 162 Å². The van der Waals surface area contributed by atoms with E-state index < -0.39 is 33.7 Å². The van der Waals surface area contributed by atoms with E-state index in [2.05, 4.69) is 5.32 Å². The fourth-order valence-electron chi connectivity index (χ4n) is 2.39. The monoisotopic (exact) mass is 404 g/mol. The highest BCUT2D eigenvalue weighted by atomic mass is 32.2. The third-order valence-electron chi connectivity index (χ3n) is 3.80. The second-order valence-corrected chi connectivity index (χ2v) is 8.08. The molecule has 0 fully saturated rings. The Morgan fingerprint density at radius 1 is 1.04 bits per heavy atom. The first-order valence-electron chi connectivity index (χ1n) is 8.35. The van der Waals surface area contributed by atoms with Gasteiger partial charge in [0.05, 0.1) is 10.6 Å². The molecule has 0 aliphatic rings. The molecule has 2 rings (SSSR count). The van der Waals surface area contributed by atoms with Crippen molar-refractivity contribution in [3.63, 3.8) is 0 Å². The van der Waals surface area contributed by atoms with Crippen molar-refractivity contribution in [3.8, 4) is 5.75 Å². The number of sulfone groups is 1. The summed E-state index contributed by atoms with van der Waals surface area (Å²) in [7, 11) is -3.61. The van der Waals surface area contributed by atoms with E-state index in [-0.39, 0.29) is 28.4 Å². The van der Waals surface area contributed by atoms with Crippen molar-refractivity contribution in [2.75, 3.05) is 5.75 Å². The van der Waals surface area contributed by atoms with E-state index in [0.717, 1.165) is 0 Å². The highest BCUT2D eigenvalue weighted by molar-refractivity contribution is 7.91. The molecule has 0 spiro atoms. The summed E-state index contributed by atoms with van der Waals surface area (Å²) < 4.78 is 29.5. The van der Waals surface area contributed by atoms with E-state index in [0.29, 0.717) is 0 Å². The normalized spacial score (nSPS) is 12.0. The van der Waals surface area contributed by atoms with E-state index in [4.69, 9.17) is 10.5 Å². The molecule has 8 nitrogen and oxygen atoms in total.